The van der Waals surface area contributed by atoms with Crippen molar-refractivity contribution >= 4 is 0 Å². The highest BCUT2D eigenvalue weighted by atomic mass is 15.3. The first-order chi connectivity index (χ1) is 49.5. The minimum absolute atomic E-state index is 0.830. The first-order valence-electron chi connectivity index (χ1n) is 48.6. The lowest BCUT2D eigenvalue weighted by molar-refractivity contribution is -0.196. The van der Waals surface area contributed by atoms with Gasteiger partial charge in [-0.05, 0) is 252 Å². The maximum Gasteiger partial charge on any atom is 0.0147 e. The summed E-state index contributed by atoms with van der Waals surface area (Å²) in [6, 6.07) is 10.2. The van der Waals surface area contributed by atoms with Crippen LogP contribution in [0.1, 0.15) is 477 Å². The molecular formula is C96H174N4. The molecule has 12 rings (SSSR count). The van der Waals surface area contributed by atoms with Crippen LogP contribution in [0, 0.1) is 59.2 Å². The largest absolute Gasteiger partial charge is 0.294 e. The molecule has 578 valence electrons. The molecule has 4 heteroatoms. The summed E-state index contributed by atoms with van der Waals surface area (Å²) in [7, 11) is 0. The minimum atomic E-state index is 0.830. The molecule has 0 saturated heterocycles. The Hall–Kier alpha value is -0.160. The smallest absolute Gasteiger partial charge is 0.0147 e. The van der Waals surface area contributed by atoms with E-state index in [2.05, 4.69) is 47.3 Å². The van der Waals surface area contributed by atoms with Gasteiger partial charge in [-0.2, -0.15) is 0 Å². The summed E-state index contributed by atoms with van der Waals surface area (Å²) in [6.07, 6.45) is 106. The molecule has 0 heterocycles. The fraction of sp³-hybridized carbons (Fsp3) is 1.00. The molecule has 0 aromatic heterocycles. The molecular weight excluding hydrogens is 1210 g/mol. The molecule has 8 unspecified atom stereocenters. The molecule has 12 aliphatic rings. The van der Waals surface area contributed by atoms with E-state index in [4.69, 9.17) is 0 Å². The highest BCUT2D eigenvalue weighted by molar-refractivity contribution is 5.17. The Morgan fingerprint density at radius 3 is 0.560 bits per heavy atom. The van der Waals surface area contributed by atoms with Gasteiger partial charge in [0.25, 0.3) is 0 Å². The van der Waals surface area contributed by atoms with Crippen LogP contribution in [0.4, 0.5) is 0 Å². The van der Waals surface area contributed by atoms with E-state index in [9.17, 15) is 0 Å². The van der Waals surface area contributed by atoms with Crippen LogP contribution in [0.2, 0.25) is 0 Å². The SMILES string of the molecule is CCCCCCCCC1CCC(N(C2CCCCC2)C2CC(N(C3CCCCC3)C3CCC(CCCCCCCC)CC3)C3CCC4C5C(CCC2C35)C(N(C2CCCCC2)C2CCC(CCCCCCCC)CC2)CC4N(C2CCCCC2)C2CCC(CCCCCCCC)CC2)CC1. The zero-order chi connectivity index (χ0) is 68.5. The van der Waals surface area contributed by atoms with Crippen LogP contribution < -0.4 is 0 Å². The number of nitrogens with zero attached hydrogens (tertiary/aromatic N) is 4. The average Bonchev–Trinajstić information content (AvgIpc) is 0.702. The summed E-state index contributed by atoms with van der Waals surface area (Å²) in [4.78, 5) is 14.6. The van der Waals surface area contributed by atoms with E-state index in [0.29, 0.717) is 0 Å². The third kappa shape index (κ3) is 21.7. The maximum atomic E-state index is 3.65. The molecule has 100 heavy (non-hydrogen) atoms. The van der Waals surface area contributed by atoms with Gasteiger partial charge >= 0.3 is 0 Å². The van der Waals surface area contributed by atoms with Gasteiger partial charge in [0.05, 0.1) is 0 Å². The number of hydrogen-bond donors (Lipinski definition) is 0. The van der Waals surface area contributed by atoms with Crippen molar-refractivity contribution in [2.75, 3.05) is 0 Å². The lowest BCUT2D eigenvalue weighted by atomic mass is 9.44. The van der Waals surface area contributed by atoms with Crippen LogP contribution in [0.5, 0.6) is 0 Å². The highest BCUT2D eigenvalue weighted by Crippen LogP contribution is 2.65. The van der Waals surface area contributed by atoms with E-state index in [1.54, 1.807) is 167 Å². The second kappa shape index (κ2) is 43.3. The standard InChI is InChI=1S/C96H174N4/c1-5-9-13-17-21-29-41-75-53-61-83(62-54-75)97(79-45-33-25-34-46-79)91-73-92(98(80-47-35-26-36-48-80)84-63-55-76(56-64-84)42-30-22-18-14-10-6-2)88-71-72-90-94(100(82-51-39-28-40-52-82)86-67-59-78(60-68-86)44-32-24-20-16-12-8-4)74-93(89-70-69-87(91)95(88)96(89)90)99(81-49-37-27-38-50-81)85-65-57-77(58-66-85)43-31-23-19-15-11-7-3/h75-96H,5-74H2,1-4H3. The molecule has 0 aromatic carbocycles. The normalized spacial score (nSPS) is 36.2. The van der Waals surface area contributed by atoms with Crippen LogP contribution in [0.25, 0.3) is 0 Å². The van der Waals surface area contributed by atoms with Gasteiger partial charge in [-0.15, -0.1) is 0 Å². The van der Waals surface area contributed by atoms with Gasteiger partial charge < -0.3 is 0 Å². The van der Waals surface area contributed by atoms with Gasteiger partial charge in [0.1, 0.15) is 0 Å². The van der Waals surface area contributed by atoms with Crippen molar-refractivity contribution in [2.24, 2.45) is 59.2 Å². The van der Waals surface area contributed by atoms with Crippen LogP contribution in [0.15, 0.2) is 0 Å². The molecule has 12 fully saturated rings. The maximum absolute atomic E-state index is 3.65. The van der Waals surface area contributed by atoms with Crippen molar-refractivity contribution < 1.29 is 0 Å². The van der Waals surface area contributed by atoms with E-state index >= 15 is 0 Å². The van der Waals surface area contributed by atoms with E-state index < -0.39 is 0 Å². The summed E-state index contributed by atoms with van der Waals surface area (Å²) < 4.78 is 0. The summed E-state index contributed by atoms with van der Waals surface area (Å²) in [5.41, 5.74) is 0. The van der Waals surface area contributed by atoms with Gasteiger partial charge in [0.15, 0.2) is 0 Å². The number of hydrogen-bond acceptors (Lipinski definition) is 4. The lowest BCUT2D eigenvalue weighted by Crippen LogP contribution is -2.72. The molecule has 0 aromatic rings. The molecule has 0 spiro atoms. The second-order valence-corrected chi connectivity index (χ2v) is 39.6. The van der Waals surface area contributed by atoms with Crippen molar-refractivity contribution in [3.8, 4) is 0 Å². The number of rotatable bonds is 40. The second-order valence-electron chi connectivity index (χ2n) is 39.6. The van der Waals surface area contributed by atoms with Crippen LogP contribution >= 0.6 is 0 Å². The zero-order valence-corrected chi connectivity index (χ0v) is 68.0. The Balaban J connectivity index is 0.910. The van der Waals surface area contributed by atoms with Crippen LogP contribution in [-0.4, -0.2) is 92.1 Å². The Kier molecular flexibility index (Phi) is 34.4. The molecule has 0 radical (unpaired) electrons. The van der Waals surface area contributed by atoms with Gasteiger partial charge in [0.2, 0.25) is 0 Å². The molecule has 0 bridgehead atoms. The monoisotopic (exact) mass is 1380 g/mol. The molecule has 4 nitrogen and oxygen atoms in total. The summed E-state index contributed by atoms with van der Waals surface area (Å²) in [5, 5.41) is 0. The topological polar surface area (TPSA) is 13.0 Å². The van der Waals surface area contributed by atoms with Gasteiger partial charge in [-0.1, -0.05) is 285 Å². The van der Waals surface area contributed by atoms with E-state index in [0.717, 1.165) is 132 Å². The van der Waals surface area contributed by atoms with Gasteiger partial charge in [0, 0.05) is 72.5 Å². The third-order valence-electron chi connectivity index (χ3n) is 33.4. The molecule has 0 amide bonds. The summed E-state index contributed by atoms with van der Waals surface area (Å²) in [6.45, 7) is 9.60. The van der Waals surface area contributed by atoms with Crippen molar-refractivity contribution in [3.63, 3.8) is 0 Å². The predicted octanol–water partition coefficient (Wildman–Crippen LogP) is 28.3. The average molecular weight is 1380 g/mol. The molecule has 8 atom stereocenters. The van der Waals surface area contributed by atoms with Crippen molar-refractivity contribution in [2.45, 2.75) is 550 Å². The molecule has 0 N–H and O–H groups in total. The first-order valence-corrected chi connectivity index (χ1v) is 48.6. The summed E-state index contributed by atoms with van der Waals surface area (Å²) in [5.74, 6) is 9.70. The zero-order valence-electron chi connectivity index (χ0n) is 68.0. The fourth-order valence-corrected chi connectivity index (χ4v) is 28.3. The minimum Gasteiger partial charge on any atom is -0.294 e. The molecule has 0 aliphatic heterocycles. The highest BCUT2D eigenvalue weighted by Gasteiger charge is 2.64. The number of unbranched alkanes of at least 4 members (excludes halogenated alkanes) is 20. The van der Waals surface area contributed by atoms with Crippen molar-refractivity contribution in [3.05, 3.63) is 0 Å². The lowest BCUT2D eigenvalue weighted by Gasteiger charge is -2.69. The Morgan fingerprint density at radius 2 is 0.360 bits per heavy atom. The molecule has 12 saturated carbocycles. The molecule has 12 aliphatic carbocycles. The van der Waals surface area contributed by atoms with Crippen molar-refractivity contribution in [1.82, 2.24) is 19.6 Å². The van der Waals surface area contributed by atoms with Crippen molar-refractivity contribution in [1.29, 1.82) is 0 Å². The Morgan fingerprint density at radius 1 is 0.180 bits per heavy atom. The van der Waals surface area contributed by atoms with E-state index in [1.807, 2.05) is 0 Å². The fourth-order valence-electron chi connectivity index (χ4n) is 28.3. The predicted molar refractivity (Wildman–Crippen MR) is 434 cm³/mol. The quantitative estimate of drug-likeness (QED) is 0.0567. The van der Waals surface area contributed by atoms with E-state index in [-0.39, 0.29) is 0 Å². The van der Waals surface area contributed by atoms with Crippen LogP contribution in [0.3, 0.4) is 0 Å². The van der Waals surface area contributed by atoms with E-state index in [1.165, 1.54) is 283 Å². The third-order valence-corrected chi connectivity index (χ3v) is 33.4. The van der Waals surface area contributed by atoms with Gasteiger partial charge in [-0.25, -0.2) is 0 Å². The Labute approximate surface area is 624 Å². The van der Waals surface area contributed by atoms with Gasteiger partial charge in [-0.3, -0.25) is 19.6 Å². The van der Waals surface area contributed by atoms with Crippen LogP contribution in [-0.2, 0) is 0 Å². The summed E-state index contributed by atoms with van der Waals surface area (Å²) >= 11 is 0. The Bertz CT molecular complexity index is 1810. The first kappa shape index (κ1) is 79.4.